The molecule has 1 N–H and O–H groups in total. The molecule has 0 aliphatic rings. The Kier molecular flexibility index (Phi) is 5.36. The fraction of sp³-hybridized carbons (Fsp3) is 0.667. The largest absolute Gasteiger partial charge is 0.329 e. The van der Waals surface area contributed by atoms with Gasteiger partial charge in [-0.25, -0.2) is 9.78 Å². The topological polar surface area (TPSA) is 72.7 Å². The third kappa shape index (κ3) is 3.62. The van der Waals surface area contributed by atoms with Crippen molar-refractivity contribution in [2.24, 2.45) is 7.05 Å². The number of hydrogen-bond acceptors (Lipinski definition) is 3. The number of imidazole rings is 1. The minimum absolute atomic E-state index is 0.353. The summed E-state index contributed by atoms with van der Waals surface area (Å²) in [6.07, 6.45) is 10.3. The Morgan fingerprint density at radius 2 is 1.76 bits per heavy atom. The maximum Gasteiger partial charge on any atom is 0.329 e. The highest BCUT2D eigenvalue weighted by atomic mass is 16.2. The van der Waals surface area contributed by atoms with Crippen LogP contribution in [0.1, 0.15) is 51.9 Å². The Morgan fingerprint density at radius 3 is 2.48 bits per heavy atom. The summed E-state index contributed by atoms with van der Waals surface area (Å²) in [7, 11) is 1.62. The molecule has 0 aromatic carbocycles. The first-order valence-corrected chi connectivity index (χ1v) is 7.79. The summed E-state index contributed by atoms with van der Waals surface area (Å²) < 4.78 is 3.22. The van der Waals surface area contributed by atoms with Crippen LogP contribution >= 0.6 is 0 Å². The van der Waals surface area contributed by atoms with Gasteiger partial charge in [-0.1, -0.05) is 45.4 Å². The monoisotopic (exact) mass is 292 g/mol. The lowest BCUT2D eigenvalue weighted by molar-refractivity contribution is 0.554. The highest BCUT2D eigenvalue weighted by molar-refractivity contribution is 5.69. The molecule has 0 radical (unpaired) electrons. The highest BCUT2D eigenvalue weighted by Crippen LogP contribution is 2.10. The van der Waals surface area contributed by atoms with Crippen molar-refractivity contribution in [2.75, 3.05) is 0 Å². The van der Waals surface area contributed by atoms with E-state index in [0.717, 1.165) is 19.4 Å². The number of unbranched alkanes of at least 4 members (excludes halogenated alkanes) is 6. The van der Waals surface area contributed by atoms with Crippen LogP contribution in [0.5, 0.6) is 0 Å². The van der Waals surface area contributed by atoms with Gasteiger partial charge in [0.2, 0.25) is 0 Å². The number of aryl methyl sites for hydroxylation is 2. The summed E-state index contributed by atoms with van der Waals surface area (Å²) in [6.45, 7) is 2.99. The summed E-state index contributed by atoms with van der Waals surface area (Å²) in [5, 5.41) is 0. The maximum absolute atomic E-state index is 11.9. The van der Waals surface area contributed by atoms with Crippen molar-refractivity contribution in [2.45, 2.75) is 58.4 Å². The minimum Gasteiger partial charge on any atom is -0.325 e. The van der Waals surface area contributed by atoms with Crippen molar-refractivity contribution in [1.29, 1.82) is 0 Å². The number of nitrogens with zero attached hydrogens (tertiary/aromatic N) is 3. The summed E-state index contributed by atoms with van der Waals surface area (Å²) in [4.78, 5) is 29.9. The zero-order chi connectivity index (χ0) is 15.2. The molecule has 6 heteroatoms. The number of aromatic amines is 1. The number of rotatable bonds is 8. The van der Waals surface area contributed by atoms with Gasteiger partial charge in [-0.05, 0) is 6.42 Å². The molecule has 0 aliphatic heterocycles. The fourth-order valence-corrected chi connectivity index (χ4v) is 2.59. The average Bonchev–Trinajstić information content (AvgIpc) is 2.88. The molecule has 0 aliphatic carbocycles. The normalized spacial score (nSPS) is 11.3. The fourth-order valence-electron chi connectivity index (χ4n) is 2.59. The molecule has 0 saturated heterocycles. The van der Waals surface area contributed by atoms with Gasteiger partial charge in [0, 0.05) is 13.6 Å². The molecule has 21 heavy (non-hydrogen) atoms. The van der Waals surface area contributed by atoms with E-state index < -0.39 is 5.69 Å². The van der Waals surface area contributed by atoms with Crippen molar-refractivity contribution in [3.63, 3.8) is 0 Å². The van der Waals surface area contributed by atoms with Crippen LogP contribution in [-0.2, 0) is 13.6 Å². The van der Waals surface area contributed by atoms with Crippen LogP contribution in [0.2, 0.25) is 0 Å². The predicted octanol–water partition coefficient (Wildman–Crippen LogP) is 2.17. The lowest BCUT2D eigenvalue weighted by Gasteiger charge is -2.04. The third-order valence-corrected chi connectivity index (χ3v) is 3.88. The Labute approximate surface area is 123 Å². The number of aromatic nitrogens is 4. The van der Waals surface area contributed by atoms with Gasteiger partial charge in [0.1, 0.15) is 0 Å². The molecular weight excluding hydrogens is 268 g/mol. The van der Waals surface area contributed by atoms with Crippen molar-refractivity contribution in [3.8, 4) is 0 Å². The Hall–Kier alpha value is -1.85. The second-order valence-corrected chi connectivity index (χ2v) is 5.55. The molecule has 0 saturated carbocycles. The van der Waals surface area contributed by atoms with E-state index in [4.69, 9.17) is 0 Å². The summed E-state index contributed by atoms with van der Waals surface area (Å²) >= 11 is 0. The van der Waals surface area contributed by atoms with Gasteiger partial charge in [-0.15, -0.1) is 0 Å². The van der Waals surface area contributed by atoms with E-state index >= 15 is 0 Å². The van der Waals surface area contributed by atoms with E-state index in [2.05, 4.69) is 16.9 Å². The van der Waals surface area contributed by atoms with Crippen LogP contribution in [0.15, 0.2) is 15.9 Å². The van der Waals surface area contributed by atoms with Crippen molar-refractivity contribution in [1.82, 2.24) is 19.1 Å². The molecule has 0 atom stereocenters. The summed E-state index contributed by atoms with van der Waals surface area (Å²) in [6, 6.07) is 0. The smallest absolute Gasteiger partial charge is 0.325 e. The zero-order valence-electron chi connectivity index (χ0n) is 12.9. The average molecular weight is 292 g/mol. The molecule has 2 heterocycles. The third-order valence-electron chi connectivity index (χ3n) is 3.88. The molecule has 6 nitrogen and oxygen atoms in total. The van der Waals surface area contributed by atoms with Gasteiger partial charge in [-0.3, -0.25) is 14.3 Å². The number of H-pyrrole nitrogens is 1. The van der Waals surface area contributed by atoms with E-state index in [1.165, 1.54) is 36.7 Å². The molecular formula is C15H24N4O2. The van der Waals surface area contributed by atoms with Gasteiger partial charge < -0.3 is 4.57 Å². The first-order valence-electron chi connectivity index (χ1n) is 7.79. The molecule has 2 rings (SSSR count). The molecule has 2 aromatic heterocycles. The number of hydrogen-bond donors (Lipinski definition) is 1. The quantitative estimate of drug-likeness (QED) is 0.758. The van der Waals surface area contributed by atoms with Crippen LogP contribution in [0.4, 0.5) is 0 Å². The standard InChI is InChI=1S/C15H24N4O2/c1-3-4-5-6-7-8-9-10-19-11-16-13-12(19)14(20)17-15(21)18(13)2/h11H,3-10H2,1-2H3,(H,17,20,21). The molecule has 0 unspecified atom stereocenters. The van der Waals surface area contributed by atoms with Gasteiger partial charge in [0.25, 0.3) is 5.56 Å². The minimum atomic E-state index is -0.423. The highest BCUT2D eigenvalue weighted by Gasteiger charge is 2.10. The predicted molar refractivity (Wildman–Crippen MR) is 83.6 cm³/mol. The van der Waals surface area contributed by atoms with Gasteiger partial charge in [-0.2, -0.15) is 0 Å². The van der Waals surface area contributed by atoms with Crippen LogP contribution < -0.4 is 11.2 Å². The van der Waals surface area contributed by atoms with E-state index in [0.29, 0.717) is 11.2 Å². The molecule has 0 amide bonds. The first kappa shape index (κ1) is 15.5. The molecule has 0 fully saturated rings. The van der Waals surface area contributed by atoms with Gasteiger partial charge in [0.05, 0.1) is 6.33 Å². The summed E-state index contributed by atoms with van der Waals surface area (Å²) in [5.74, 6) is 0. The van der Waals surface area contributed by atoms with Gasteiger partial charge >= 0.3 is 5.69 Å². The van der Waals surface area contributed by atoms with Gasteiger partial charge in [0.15, 0.2) is 11.2 Å². The van der Waals surface area contributed by atoms with E-state index in [1.807, 2.05) is 4.57 Å². The van der Waals surface area contributed by atoms with Crippen molar-refractivity contribution in [3.05, 3.63) is 27.2 Å². The van der Waals surface area contributed by atoms with E-state index in [-0.39, 0.29) is 5.56 Å². The Balaban J connectivity index is 1.96. The SMILES string of the molecule is CCCCCCCCCn1cnc2c1c(=O)[nH]c(=O)n2C. The van der Waals surface area contributed by atoms with Crippen LogP contribution in [0, 0.1) is 0 Å². The molecule has 0 bridgehead atoms. The Bertz CT molecular complexity index is 696. The van der Waals surface area contributed by atoms with Crippen LogP contribution in [0.25, 0.3) is 11.2 Å². The lowest BCUT2D eigenvalue weighted by Crippen LogP contribution is -2.29. The van der Waals surface area contributed by atoms with E-state index in [1.54, 1.807) is 13.4 Å². The van der Waals surface area contributed by atoms with Crippen molar-refractivity contribution < 1.29 is 0 Å². The van der Waals surface area contributed by atoms with Crippen LogP contribution in [0.3, 0.4) is 0 Å². The zero-order valence-corrected chi connectivity index (χ0v) is 12.9. The summed E-state index contributed by atoms with van der Waals surface area (Å²) in [5.41, 5.74) is 0.164. The second kappa shape index (κ2) is 7.24. The lowest BCUT2D eigenvalue weighted by atomic mass is 10.1. The molecule has 2 aromatic rings. The number of nitrogens with one attached hydrogen (secondary N) is 1. The van der Waals surface area contributed by atoms with E-state index in [9.17, 15) is 9.59 Å². The Morgan fingerprint density at radius 1 is 1.10 bits per heavy atom. The number of fused-ring (bicyclic) bond motifs is 1. The second-order valence-electron chi connectivity index (χ2n) is 5.55. The van der Waals surface area contributed by atoms with Crippen LogP contribution in [-0.4, -0.2) is 19.1 Å². The maximum atomic E-state index is 11.9. The molecule has 116 valence electrons. The van der Waals surface area contributed by atoms with Crippen molar-refractivity contribution >= 4 is 11.2 Å². The molecule has 0 spiro atoms. The first-order chi connectivity index (χ1) is 10.1.